The van der Waals surface area contributed by atoms with Crippen LogP contribution in [0.25, 0.3) is 0 Å². The van der Waals surface area contributed by atoms with Crippen LogP contribution >= 0.6 is 0 Å². The first-order valence-corrected chi connectivity index (χ1v) is 9.69. The van der Waals surface area contributed by atoms with Gasteiger partial charge in [-0.1, -0.05) is 12.1 Å². The summed E-state index contributed by atoms with van der Waals surface area (Å²) in [5, 5.41) is 10.4. The topological polar surface area (TPSA) is 85.3 Å². The number of ether oxygens (including phenoxy) is 3. The molecule has 2 heterocycles. The van der Waals surface area contributed by atoms with Crippen LogP contribution in [0.3, 0.4) is 0 Å². The van der Waals surface area contributed by atoms with Crippen molar-refractivity contribution in [2.45, 2.75) is 31.8 Å². The van der Waals surface area contributed by atoms with Crippen molar-refractivity contribution in [1.29, 1.82) is 0 Å². The van der Waals surface area contributed by atoms with Crippen LogP contribution in [0.5, 0.6) is 5.75 Å². The summed E-state index contributed by atoms with van der Waals surface area (Å²) in [5.74, 6) is -0.566. The van der Waals surface area contributed by atoms with Crippen molar-refractivity contribution in [3.8, 4) is 5.75 Å². The zero-order chi connectivity index (χ0) is 19.9. The van der Waals surface area contributed by atoms with Crippen molar-refractivity contribution in [2.75, 3.05) is 40.0 Å². The molecule has 28 heavy (non-hydrogen) atoms. The van der Waals surface area contributed by atoms with Gasteiger partial charge in [0.2, 0.25) is 0 Å². The van der Waals surface area contributed by atoms with E-state index in [1.807, 2.05) is 24.3 Å². The van der Waals surface area contributed by atoms with Gasteiger partial charge >= 0.3 is 5.97 Å². The second kappa shape index (κ2) is 9.71. The number of aliphatic hydroxyl groups is 1. The van der Waals surface area contributed by atoms with Gasteiger partial charge in [0.1, 0.15) is 11.3 Å². The number of morpholine rings is 1. The lowest BCUT2D eigenvalue weighted by Gasteiger charge is -2.26. The molecular weight excluding hydrogens is 362 g/mol. The van der Waals surface area contributed by atoms with Gasteiger partial charge in [-0.05, 0) is 43.5 Å². The van der Waals surface area contributed by atoms with Crippen LogP contribution in [0.2, 0.25) is 0 Å². The van der Waals surface area contributed by atoms with Gasteiger partial charge in [0.15, 0.2) is 17.6 Å². The van der Waals surface area contributed by atoms with E-state index in [1.54, 1.807) is 7.11 Å². The summed E-state index contributed by atoms with van der Waals surface area (Å²) in [6, 6.07) is 7.40. The molecule has 2 aliphatic rings. The molecule has 7 nitrogen and oxygen atoms in total. The number of rotatable bonds is 9. The Morgan fingerprint density at radius 2 is 1.96 bits per heavy atom. The smallest absolute Gasteiger partial charge is 0.346 e. The van der Waals surface area contributed by atoms with Crippen LogP contribution in [0, 0.1) is 0 Å². The van der Waals surface area contributed by atoms with Gasteiger partial charge in [-0.25, -0.2) is 4.79 Å². The summed E-state index contributed by atoms with van der Waals surface area (Å²) in [7, 11) is 1.59. The second-order valence-corrected chi connectivity index (χ2v) is 7.02. The normalized spacial score (nSPS) is 20.3. The highest BCUT2D eigenvalue weighted by molar-refractivity contribution is 6.19. The highest BCUT2D eigenvalue weighted by atomic mass is 16.6. The van der Waals surface area contributed by atoms with Crippen LogP contribution < -0.4 is 4.74 Å². The third-order valence-corrected chi connectivity index (χ3v) is 5.14. The van der Waals surface area contributed by atoms with Crippen LogP contribution in [-0.2, 0) is 25.5 Å². The van der Waals surface area contributed by atoms with E-state index in [9.17, 15) is 14.7 Å². The number of aryl methyl sites for hydroxylation is 1. The van der Waals surface area contributed by atoms with Crippen molar-refractivity contribution in [3.05, 3.63) is 41.2 Å². The van der Waals surface area contributed by atoms with Gasteiger partial charge in [0.05, 0.1) is 20.3 Å². The van der Waals surface area contributed by atoms with E-state index in [0.29, 0.717) is 12.8 Å². The first-order valence-electron chi connectivity index (χ1n) is 9.69. The molecule has 152 valence electrons. The van der Waals surface area contributed by atoms with E-state index in [4.69, 9.17) is 14.2 Å². The Morgan fingerprint density at radius 3 is 2.64 bits per heavy atom. The molecule has 7 heteroatoms. The number of hydrogen-bond acceptors (Lipinski definition) is 7. The molecule has 1 unspecified atom stereocenters. The summed E-state index contributed by atoms with van der Waals surface area (Å²) in [5.41, 5.74) is 0.771. The lowest BCUT2D eigenvalue weighted by molar-refractivity contribution is -0.141. The van der Waals surface area contributed by atoms with E-state index in [0.717, 1.165) is 50.6 Å². The van der Waals surface area contributed by atoms with Gasteiger partial charge < -0.3 is 19.3 Å². The molecule has 2 aliphatic heterocycles. The van der Waals surface area contributed by atoms with E-state index in [-0.39, 0.29) is 23.5 Å². The lowest BCUT2D eigenvalue weighted by atomic mass is 10.0. The Bertz CT molecular complexity index is 721. The number of methoxy groups -OCH3 is 1. The fourth-order valence-electron chi connectivity index (χ4n) is 3.46. The van der Waals surface area contributed by atoms with Crippen LogP contribution in [0.4, 0.5) is 0 Å². The third-order valence-electron chi connectivity index (χ3n) is 5.14. The molecule has 0 aliphatic carbocycles. The minimum absolute atomic E-state index is 0.140. The van der Waals surface area contributed by atoms with Crippen LogP contribution in [0.15, 0.2) is 35.6 Å². The average Bonchev–Trinajstić information content (AvgIpc) is 3.00. The monoisotopic (exact) mass is 389 g/mol. The molecule has 1 aromatic carbocycles. The number of esters is 1. The summed E-state index contributed by atoms with van der Waals surface area (Å²) in [6.45, 7) is 4.10. The molecule has 1 aromatic rings. The predicted octanol–water partition coefficient (Wildman–Crippen LogP) is 2.05. The molecular formula is C21H27NO6. The zero-order valence-electron chi connectivity index (χ0n) is 16.2. The Labute approximate surface area is 164 Å². The molecule has 0 aromatic heterocycles. The average molecular weight is 389 g/mol. The van der Waals surface area contributed by atoms with Gasteiger partial charge in [0, 0.05) is 19.5 Å². The predicted molar refractivity (Wildman–Crippen MR) is 102 cm³/mol. The van der Waals surface area contributed by atoms with Crippen LogP contribution in [0.1, 0.15) is 24.8 Å². The Balaban J connectivity index is 1.50. The molecule has 1 atom stereocenters. The van der Waals surface area contributed by atoms with Crippen molar-refractivity contribution in [2.24, 2.45) is 0 Å². The molecule has 1 saturated heterocycles. The van der Waals surface area contributed by atoms with Gasteiger partial charge in [-0.15, -0.1) is 0 Å². The summed E-state index contributed by atoms with van der Waals surface area (Å²) in [4.78, 5) is 26.8. The fraction of sp³-hybridized carbons (Fsp3) is 0.524. The van der Waals surface area contributed by atoms with Crippen molar-refractivity contribution in [1.82, 2.24) is 4.90 Å². The lowest BCUT2D eigenvalue weighted by Crippen LogP contribution is -2.37. The number of Topliss-reactive ketones (excluding diaryl/α,β-unsaturated/α-hetero) is 1. The third kappa shape index (κ3) is 5.11. The van der Waals surface area contributed by atoms with Gasteiger partial charge in [-0.3, -0.25) is 9.69 Å². The van der Waals surface area contributed by atoms with Crippen molar-refractivity contribution < 1.29 is 28.9 Å². The molecule has 0 bridgehead atoms. The number of benzene rings is 1. The Kier molecular flexibility index (Phi) is 7.06. The summed E-state index contributed by atoms with van der Waals surface area (Å²) in [6.07, 6.45) is 1.18. The maximum absolute atomic E-state index is 12.5. The van der Waals surface area contributed by atoms with E-state index in [2.05, 4.69) is 4.90 Å². The largest absolute Gasteiger partial charge is 0.507 e. The van der Waals surface area contributed by atoms with Gasteiger partial charge in [0.25, 0.3) is 0 Å². The fourth-order valence-corrected chi connectivity index (χ4v) is 3.46. The standard InChI is InChI=1S/C21H27NO6/c1-26-16-7-4-15(5-8-16)6-9-17(23)19-20(24)18(28-21(19)25)3-2-10-22-11-13-27-14-12-22/h4-5,7-8,18,24H,2-3,6,9-14H2,1H3. The highest BCUT2D eigenvalue weighted by Crippen LogP contribution is 2.26. The second-order valence-electron chi connectivity index (χ2n) is 7.02. The number of cyclic esters (lactones) is 1. The Hall–Kier alpha value is -2.38. The minimum Gasteiger partial charge on any atom is -0.507 e. The van der Waals surface area contributed by atoms with E-state index in [1.165, 1.54) is 0 Å². The molecule has 1 N–H and O–H groups in total. The van der Waals surface area contributed by atoms with Gasteiger partial charge in [-0.2, -0.15) is 0 Å². The van der Waals surface area contributed by atoms with Crippen molar-refractivity contribution >= 4 is 11.8 Å². The number of hydrogen-bond donors (Lipinski definition) is 1. The van der Waals surface area contributed by atoms with E-state index < -0.39 is 12.1 Å². The molecule has 1 fully saturated rings. The first-order chi connectivity index (χ1) is 13.6. The minimum atomic E-state index is -0.714. The maximum Gasteiger partial charge on any atom is 0.346 e. The summed E-state index contributed by atoms with van der Waals surface area (Å²) < 4.78 is 15.7. The number of carbonyl (C=O) groups excluding carboxylic acids is 2. The summed E-state index contributed by atoms with van der Waals surface area (Å²) >= 11 is 0. The molecule has 0 amide bonds. The molecule has 0 radical (unpaired) electrons. The SMILES string of the molecule is COc1ccc(CCC(=O)C2=C(O)C(CCCN3CCOCC3)OC2=O)cc1. The molecule has 0 saturated carbocycles. The van der Waals surface area contributed by atoms with Crippen LogP contribution in [-0.4, -0.2) is 67.8 Å². The number of nitrogens with zero attached hydrogens (tertiary/aromatic N) is 1. The van der Waals surface area contributed by atoms with E-state index >= 15 is 0 Å². The zero-order valence-corrected chi connectivity index (χ0v) is 16.2. The first kappa shape index (κ1) is 20.4. The Morgan fingerprint density at radius 1 is 1.25 bits per heavy atom. The molecule has 0 spiro atoms. The van der Waals surface area contributed by atoms with Crippen molar-refractivity contribution in [3.63, 3.8) is 0 Å². The highest BCUT2D eigenvalue weighted by Gasteiger charge is 2.37. The number of aliphatic hydroxyl groups excluding tert-OH is 1. The number of carbonyl (C=O) groups is 2. The molecule has 3 rings (SSSR count). The maximum atomic E-state index is 12.5. The number of ketones is 1. The quantitative estimate of drug-likeness (QED) is 0.511.